The Hall–Kier alpha value is -0.680. The van der Waals surface area contributed by atoms with Crippen LogP contribution >= 0.6 is 23.2 Å². The summed E-state index contributed by atoms with van der Waals surface area (Å²) in [6.45, 7) is 2.76. The number of aliphatic hydroxyl groups is 2. The summed E-state index contributed by atoms with van der Waals surface area (Å²) >= 11 is 8.38. The van der Waals surface area contributed by atoms with Crippen molar-refractivity contribution < 1.29 is 44.2 Å². The lowest BCUT2D eigenvalue weighted by atomic mass is 10.7. The van der Waals surface area contributed by atoms with Gasteiger partial charge in [-0.2, -0.15) is 0 Å². The van der Waals surface area contributed by atoms with Crippen molar-refractivity contribution in [2.24, 2.45) is 0 Å². The zero-order chi connectivity index (χ0) is 16.9. The molecule has 0 bridgehead atoms. The number of rotatable bonds is 10. The van der Waals surface area contributed by atoms with Crippen molar-refractivity contribution in [3.63, 3.8) is 0 Å². The molecule has 0 aliphatic heterocycles. The molecule has 0 heterocycles. The Kier molecular flexibility index (Phi) is 29.3. The highest BCUT2D eigenvalue weighted by atomic mass is 35.5. The number of aliphatic hydroxyl groups excluding tert-OH is 2. The highest BCUT2D eigenvalue weighted by Gasteiger charge is 1.89. The van der Waals surface area contributed by atoms with Gasteiger partial charge in [0.05, 0.1) is 52.9 Å². The van der Waals surface area contributed by atoms with E-state index >= 15 is 0 Å². The molecule has 0 saturated heterocycles. The van der Waals surface area contributed by atoms with E-state index in [2.05, 4.69) is 23.2 Å². The molecular weight excluding hydrogens is 335 g/mol. The molecule has 0 aliphatic rings. The van der Waals surface area contributed by atoms with Crippen molar-refractivity contribution >= 4 is 34.1 Å². The van der Waals surface area contributed by atoms with E-state index in [0.717, 1.165) is 0 Å². The molecular formula is C10H20Cl2O9. The van der Waals surface area contributed by atoms with E-state index in [0.29, 0.717) is 39.6 Å². The number of hydrogen-bond acceptors (Lipinski definition) is 7. The molecule has 0 saturated carbocycles. The van der Waals surface area contributed by atoms with Crippen LogP contribution in [0.2, 0.25) is 0 Å². The number of ether oxygens (including phenoxy) is 3. The number of halogens is 2. The lowest BCUT2D eigenvalue weighted by Gasteiger charge is -2.04. The van der Waals surface area contributed by atoms with Gasteiger partial charge in [-0.1, -0.05) is 0 Å². The Morgan fingerprint density at radius 2 is 0.857 bits per heavy atom. The lowest BCUT2D eigenvalue weighted by molar-refractivity contribution is 0.00230. The predicted molar refractivity (Wildman–Crippen MR) is 74.4 cm³/mol. The minimum atomic E-state index is -1.36. The molecule has 0 unspecified atom stereocenters. The van der Waals surface area contributed by atoms with Crippen LogP contribution in [0, 0.1) is 0 Å². The fourth-order valence-corrected chi connectivity index (χ4v) is 0.671. The summed E-state index contributed by atoms with van der Waals surface area (Å²) in [5, 5.41) is 31.1. The Balaban J connectivity index is -0.000000334. The first-order valence-corrected chi connectivity index (χ1v) is 6.35. The predicted octanol–water partition coefficient (Wildman–Crippen LogP) is 0.827. The minimum Gasteiger partial charge on any atom is -0.469 e. The van der Waals surface area contributed by atoms with Crippen LogP contribution in [0.3, 0.4) is 0 Å². The molecule has 0 rings (SSSR count). The fraction of sp³-hybridized carbons (Fsp3) is 0.800. The molecule has 0 aliphatic carbocycles. The van der Waals surface area contributed by atoms with Crippen molar-refractivity contribution in [2.45, 2.75) is 0 Å². The van der Waals surface area contributed by atoms with Gasteiger partial charge in [0.2, 0.25) is 0 Å². The maximum atomic E-state index is 8.77. The fourth-order valence-electron chi connectivity index (χ4n) is 0.671. The van der Waals surface area contributed by atoms with Gasteiger partial charge in [0.1, 0.15) is 0 Å². The molecule has 0 aromatic heterocycles. The molecule has 0 aromatic carbocycles. The molecule has 21 heavy (non-hydrogen) atoms. The lowest BCUT2D eigenvalue weighted by Crippen LogP contribution is -2.11. The van der Waals surface area contributed by atoms with Crippen LogP contribution in [0.1, 0.15) is 0 Å². The Morgan fingerprint density at radius 1 is 0.667 bits per heavy atom. The quantitative estimate of drug-likeness (QED) is 0.331. The summed E-state index contributed by atoms with van der Waals surface area (Å²) in [4.78, 5) is 17.5. The van der Waals surface area contributed by atoms with E-state index in [1.165, 1.54) is 0 Å². The molecule has 0 atom stereocenters. The van der Waals surface area contributed by atoms with Crippen LogP contribution in [0.25, 0.3) is 0 Å². The van der Waals surface area contributed by atoms with Crippen LogP contribution < -0.4 is 0 Å². The van der Waals surface area contributed by atoms with Gasteiger partial charge < -0.3 is 34.6 Å². The summed E-state index contributed by atoms with van der Waals surface area (Å²) in [5.41, 5.74) is -2.72. The largest absolute Gasteiger partial charge is 0.469 e. The van der Waals surface area contributed by atoms with Crippen LogP contribution in [0.5, 0.6) is 0 Å². The molecule has 0 aromatic rings. The average molecular weight is 355 g/mol. The summed E-state index contributed by atoms with van der Waals surface area (Å²) in [7, 11) is 0. The average Bonchev–Trinajstić information content (AvgIpc) is 2.35. The summed E-state index contributed by atoms with van der Waals surface area (Å²) < 4.78 is 15.0. The van der Waals surface area contributed by atoms with Gasteiger partial charge in [-0.3, -0.25) is 0 Å². The molecule has 0 fully saturated rings. The first-order valence-electron chi connectivity index (χ1n) is 5.60. The summed E-state index contributed by atoms with van der Waals surface area (Å²) in [6, 6.07) is 0. The van der Waals surface area contributed by atoms with E-state index in [1.807, 2.05) is 0 Å². The van der Waals surface area contributed by atoms with Crippen molar-refractivity contribution in [1.82, 2.24) is 0 Å². The van der Waals surface area contributed by atoms with Gasteiger partial charge in [0.25, 0.3) is 0 Å². The smallest absolute Gasteiger partial charge is 0.401 e. The van der Waals surface area contributed by atoms with E-state index in [1.54, 1.807) is 0 Å². The zero-order valence-electron chi connectivity index (χ0n) is 11.2. The van der Waals surface area contributed by atoms with Crippen LogP contribution in [0.4, 0.5) is 9.59 Å². The van der Waals surface area contributed by atoms with Gasteiger partial charge in [-0.25, -0.2) is 9.59 Å². The molecule has 4 N–H and O–H groups in total. The first kappa shape index (κ1) is 25.3. The Morgan fingerprint density at radius 3 is 1.05 bits per heavy atom. The van der Waals surface area contributed by atoms with E-state index in [-0.39, 0.29) is 13.2 Å². The van der Waals surface area contributed by atoms with Crippen LogP contribution in [0.15, 0.2) is 0 Å². The van der Waals surface area contributed by atoms with Crippen molar-refractivity contribution in [3.05, 3.63) is 0 Å². The van der Waals surface area contributed by atoms with Crippen LogP contribution in [-0.4, -0.2) is 84.1 Å². The van der Waals surface area contributed by atoms with Crippen LogP contribution in [-0.2, 0) is 14.2 Å². The van der Waals surface area contributed by atoms with Gasteiger partial charge in [0.15, 0.2) is 0 Å². The standard InChI is InChI=1S/C8H18O5.2CHClO2/c9-1-3-11-5-7-13-8-6-12-4-2-10;2*2-1(3)4/h9-10H,1-8H2;2*(H,3,4). The molecule has 0 amide bonds. The van der Waals surface area contributed by atoms with Crippen molar-refractivity contribution in [2.75, 3.05) is 52.9 Å². The molecule has 11 heteroatoms. The maximum absolute atomic E-state index is 8.77. The second-order valence-corrected chi connectivity index (χ2v) is 3.44. The molecule has 9 nitrogen and oxygen atoms in total. The van der Waals surface area contributed by atoms with Gasteiger partial charge in [-0.05, 0) is 0 Å². The first-order chi connectivity index (χ1) is 9.88. The normalized spacial score (nSPS) is 8.95. The third-order valence-electron chi connectivity index (χ3n) is 1.22. The highest BCUT2D eigenvalue weighted by molar-refractivity contribution is 6.60. The monoisotopic (exact) mass is 354 g/mol. The molecule has 0 radical (unpaired) electrons. The Labute approximate surface area is 131 Å². The second-order valence-electron chi connectivity index (χ2n) is 2.79. The second kappa shape index (κ2) is 24.3. The van der Waals surface area contributed by atoms with Crippen molar-refractivity contribution in [3.8, 4) is 0 Å². The van der Waals surface area contributed by atoms with E-state index in [4.69, 9.17) is 44.2 Å². The number of carboxylic acid groups (broad SMARTS) is 2. The number of hydrogen-bond donors (Lipinski definition) is 4. The zero-order valence-corrected chi connectivity index (χ0v) is 12.8. The van der Waals surface area contributed by atoms with Gasteiger partial charge in [0, 0.05) is 23.2 Å². The van der Waals surface area contributed by atoms with Gasteiger partial charge in [-0.15, -0.1) is 0 Å². The highest BCUT2D eigenvalue weighted by Crippen LogP contribution is 1.80. The summed E-state index contributed by atoms with van der Waals surface area (Å²) in [6.07, 6.45) is 0. The number of carbonyl (C=O) groups is 2. The van der Waals surface area contributed by atoms with E-state index < -0.39 is 10.9 Å². The van der Waals surface area contributed by atoms with Gasteiger partial charge >= 0.3 is 10.9 Å². The topological polar surface area (TPSA) is 143 Å². The Bertz CT molecular complexity index is 199. The SMILES string of the molecule is O=C(O)Cl.O=C(O)Cl.OCCOCCOCCOCCO. The molecule has 128 valence electrons. The minimum absolute atomic E-state index is 0.0413. The molecule has 0 spiro atoms. The third-order valence-corrected chi connectivity index (χ3v) is 1.22. The van der Waals surface area contributed by atoms with E-state index in [9.17, 15) is 0 Å². The third kappa shape index (κ3) is 66.7. The maximum Gasteiger partial charge on any atom is 0.401 e. The summed E-state index contributed by atoms with van der Waals surface area (Å²) in [5.74, 6) is 0. The van der Waals surface area contributed by atoms with Crippen molar-refractivity contribution in [1.29, 1.82) is 0 Å².